The summed E-state index contributed by atoms with van der Waals surface area (Å²) in [5.74, 6) is -0.431. The monoisotopic (exact) mass is 231 g/mol. The minimum atomic E-state index is -1.35. The zero-order chi connectivity index (χ0) is 12.5. The van der Waals surface area contributed by atoms with E-state index in [1.54, 1.807) is 6.92 Å². The molecule has 3 N–H and O–H groups in total. The summed E-state index contributed by atoms with van der Waals surface area (Å²) in [4.78, 5) is 12.5. The highest BCUT2D eigenvalue weighted by atomic mass is 16.5. The molecule has 0 aliphatic carbocycles. The van der Waals surface area contributed by atoms with Crippen molar-refractivity contribution >= 4 is 5.91 Å². The molecule has 1 fully saturated rings. The molecule has 16 heavy (non-hydrogen) atoms. The van der Waals surface area contributed by atoms with Crippen molar-refractivity contribution in [2.24, 2.45) is 0 Å². The van der Waals surface area contributed by atoms with Crippen LogP contribution >= 0.6 is 0 Å². The molecule has 1 heterocycles. The summed E-state index contributed by atoms with van der Waals surface area (Å²) in [6, 6.07) is 0. The Morgan fingerprint density at radius 3 is 2.38 bits per heavy atom. The van der Waals surface area contributed by atoms with Crippen molar-refractivity contribution in [1.82, 2.24) is 4.90 Å². The third-order valence-corrected chi connectivity index (χ3v) is 2.73. The largest absolute Gasteiger partial charge is 0.388 e. The number of ether oxygens (including phenoxy) is 1. The van der Waals surface area contributed by atoms with Crippen LogP contribution in [0.4, 0.5) is 0 Å². The number of carbonyl (C=O) groups is 1. The first-order chi connectivity index (χ1) is 7.40. The number of nitrogens with zero attached hydrogens (tertiary/aromatic N) is 1. The van der Waals surface area contributed by atoms with Crippen LogP contribution in [0.25, 0.3) is 0 Å². The van der Waals surface area contributed by atoms with Crippen molar-refractivity contribution < 1.29 is 24.9 Å². The number of rotatable bonds is 2. The molecule has 1 saturated heterocycles. The number of aliphatic hydroxyl groups excluding tert-OH is 3. The second kappa shape index (κ2) is 4.92. The molecular formula is C10H17NO5. The van der Waals surface area contributed by atoms with E-state index in [0.717, 1.165) is 11.0 Å². The highest BCUT2D eigenvalue weighted by molar-refractivity contribution is 5.86. The van der Waals surface area contributed by atoms with E-state index in [-0.39, 0.29) is 0 Å². The molecule has 0 spiro atoms. The maximum Gasteiger partial charge on any atom is 0.247 e. The van der Waals surface area contributed by atoms with Crippen LogP contribution < -0.4 is 0 Å². The van der Waals surface area contributed by atoms with Crippen molar-refractivity contribution in [3.8, 4) is 0 Å². The van der Waals surface area contributed by atoms with Gasteiger partial charge in [0.25, 0.3) is 0 Å². The normalized spacial score (nSPS) is 39.2. The number of carbonyl (C=O) groups excluding carboxylic acids is 1. The van der Waals surface area contributed by atoms with Crippen LogP contribution in [-0.4, -0.2) is 63.8 Å². The van der Waals surface area contributed by atoms with Gasteiger partial charge in [0, 0.05) is 7.05 Å². The van der Waals surface area contributed by atoms with E-state index in [9.17, 15) is 20.1 Å². The predicted octanol–water partition coefficient (Wildman–Crippen LogP) is -1.54. The van der Waals surface area contributed by atoms with E-state index in [1.165, 1.54) is 7.05 Å². The molecule has 0 saturated carbocycles. The van der Waals surface area contributed by atoms with Crippen molar-refractivity contribution in [2.75, 3.05) is 7.05 Å². The third-order valence-electron chi connectivity index (χ3n) is 2.73. The van der Waals surface area contributed by atoms with Gasteiger partial charge in [0.05, 0.1) is 6.10 Å². The van der Waals surface area contributed by atoms with Gasteiger partial charge in [-0.25, -0.2) is 0 Å². The summed E-state index contributed by atoms with van der Waals surface area (Å²) in [5.41, 5.74) is 0. The van der Waals surface area contributed by atoms with Crippen LogP contribution in [0.5, 0.6) is 0 Å². The molecule has 4 unspecified atom stereocenters. The standard InChI is InChI=1S/C10H17NO5/c1-4-6(12)11(3)10-9(15)8(14)7(13)5(2)16-10/h4-5,7-10,13-15H,1H2,2-3H3/t5?,7?,8?,9-,10?/m0/s1. The quantitative estimate of drug-likeness (QED) is 0.501. The Morgan fingerprint density at radius 2 is 1.88 bits per heavy atom. The molecule has 0 aromatic carbocycles. The minimum Gasteiger partial charge on any atom is -0.388 e. The average Bonchev–Trinajstić information content (AvgIpc) is 2.29. The Balaban J connectivity index is 2.81. The summed E-state index contributed by atoms with van der Waals surface area (Å²) >= 11 is 0. The highest BCUT2D eigenvalue weighted by Gasteiger charge is 2.44. The van der Waals surface area contributed by atoms with Gasteiger partial charge in [-0.2, -0.15) is 0 Å². The van der Waals surface area contributed by atoms with Gasteiger partial charge in [0.1, 0.15) is 18.3 Å². The van der Waals surface area contributed by atoms with Gasteiger partial charge in [-0.3, -0.25) is 4.79 Å². The minimum absolute atomic E-state index is 0.431. The molecule has 0 radical (unpaired) electrons. The van der Waals surface area contributed by atoms with Crippen LogP contribution in [0.15, 0.2) is 12.7 Å². The van der Waals surface area contributed by atoms with E-state index < -0.39 is 36.6 Å². The molecule has 1 aliphatic heterocycles. The second-order valence-corrected chi connectivity index (χ2v) is 3.86. The SMILES string of the molecule is C=CC(=O)N(C)C1OC(C)C(O)C(O)[C@@H]1O. The fourth-order valence-corrected chi connectivity index (χ4v) is 1.62. The van der Waals surface area contributed by atoms with Gasteiger partial charge in [0.2, 0.25) is 5.91 Å². The van der Waals surface area contributed by atoms with Gasteiger partial charge < -0.3 is 25.0 Å². The average molecular weight is 231 g/mol. The smallest absolute Gasteiger partial charge is 0.247 e. The first kappa shape index (κ1) is 13.1. The van der Waals surface area contributed by atoms with E-state index in [4.69, 9.17) is 4.74 Å². The van der Waals surface area contributed by atoms with E-state index in [2.05, 4.69) is 6.58 Å². The summed E-state index contributed by atoms with van der Waals surface area (Å²) in [7, 11) is 1.43. The molecule has 92 valence electrons. The number of aliphatic hydroxyl groups is 3. The fourth-order valence-electron chi connectivity index (χ4n) is 1.62. The maximum atomic E-state index is 11.3. The van der Waals surface area contributed by atoms with E-state index in [0.29, 0.717) is 0 Å². The first-order valence-electron chi connectivity index (χ1n) is 4.99. The number of likely N-dealkylation sites (N-methyl/N-ethyl adjacent to an activating group) is 1. The number of hydrogen-bond donors (Lipinski definition) is 3. The Kier molecular flexibility index (Phi) is 4.03. The molecule has 0 bridgehead atoms. The Labute approximate surface area is 93.7 Å². The Morgan fingerprint density at radius 1 is 1.31 bits per heavy atom. The van der Waals surface area contributed by atoms with Gasteiger partial charge >= 0.3 is 0 Å². The van der Waals surface area contributed by atoms with Gasteiger partial charge in [-0.15, -0.1) is 0 Å². The second-order valence-electron chi connectivity index (χ2n) is 3.86. The lowest BCUT2D eigenvalue weighted by atomic mass is 9.98. The molecule has 6 nitrogen and oxygen atoms in total. The Hall–Kier alpha value is -0.950. The summed E-state index contributed by atoms with van der Waals surface area (Å²) in [5, 5.41) is 28.7. The lowest BCUT2D eigenvalue weighted by molar-refractivity contribution is -0.248. The summed E-state index contributed by atoms with van der Waals surface area (Å²) in [6.07, 6.45) is -4.42. The van der Waals surface area contributed by atoms with Gasteiger partial charge in [-0.05, 0) is 13.0 Å². The van der Waals surface area contributed by atoms with Crippen LogP contribution in [0.1, 0.15) is 6.92 Å². The molecule has 0 aromatic rings. The number of hydrogen-bond acceptors (Lipinski definition) is 5. The lowest BCUT2D eigenvalue weighted by Crippen LogP contribution is -2.61. The number of amides is 1. The van der Waals surface area contributed by atoms with Crippen LogP contribution in [0.3, 0.4) is 0 Å². The molecular weight excluding hydrogens is 214 g/mol. The zero-order valence-corrected chi connectivity index (χ0v) is 9.28. The first-order valence-corrected chi connectivity index (χ1v) is 4.99. The molecule has 6 heteroatoms. The predicted molar refractivity (Wildman–Crippen MR) is 55.3 cm³/mol. The summed E-state index contributed by atoms with van der Waals surface area (Å²) in [6.45, 7) is 4.87. The van der Waals surface area contributed by atoms with Gasteiger partial charge in [0.15, 0.2) is 6.23 Å². The molecule has 5 atom stereocenters. The maximum absolute atomic E-state index is 11.3. The topological polar surface area (TPSA) is 90.2 Å². The summed E-state index contributed by atoms with van der Waals surface area (Å²) < 4.78 is 5.26. The van der Waals surface area contributed by atoms with Gasteiger partial charge in [-0.1, -0.05) is 6.58 Å². The van der Waals surface area contributed by atoms with Crippen molar-refractivity contribution in [3.63, 3.8) is 0 Å². The molecule has 0 aromatic heterocycles. The van der Waals surface area contributed by atoms with Crippen molar-refractivity contribution in [2.45, 2.75) is 37.6 Å². The van der Waals surface area contributed by atoms with Crippen LogP contribution in [0.2, 0.25) is 0 Å². The van der Waals surface area contributed by atoms with Crippen LogP contribution in [0, 0.1) is 0 Å². The molecule has 1 aliphatic rings. The van der Waals surface area contributed by atoms with Crippen LogP contribution in [-0.2, 0) is 9.53 Å². The van der Waals surface area contributed by atoms with Crippen molar-refractivity contribution in [1.29, 1.82) is 0 Å². The van der Waals surface area contributed by atoms with Crippen molar-refractivity contribution in [3.05, 3.63) is 12.7 Å². The highest BCUT2D eigenvalue weighted by Crippen LogP contribution is 2.22. The Bertz CT molecular complexity index is 282. The molecule has 1 amide bonds. The third kappa shape index (κ3) is 2.25. The van der Waals surface area contributed by atoms with E-state index >= 15 is 0 Å². The lowest BCUT2D eigenvalue weighted by Gasteiger charge is -2.42. The van der Waals surface area contributed by atoms with E-state index in [1.807, 2.05) is 0 Å². The zero-order valence-electron chi connectivity index (χ0n) is 9.28. The fraction of sp³-hybridized carbons (Fsp3) is 0.700. The molecule has 1 rings (SSSR count).